The molecule has 1 N–H and O–H groups in total. The third kappa shape index (κ3) is 3.10. The van der Waals surface area contributed by atoms with Gasteiger partial charge < -0.3 is 5.11 Å². The van der Waals surface area contributed by atoms with Gasteiger partial charge in [0.25, 0.3) is 0 Å². The van der Waals surface area contributed by atoms with Gasteiger partial charge in [0, 0.05) is 5.92 Å². The summed E-state index contributed by atoms with van der Waals surface area (Å²) in [6.45, 7) is 0. The Kier molecular flexibility index (Phi) is 4.61. The third-order valence-electron chi connectivity index (χ3n) is 6.03. The summed E-state index contributed by atoms with van der Waals surface area (Å²) in [5, 5.41) is 26.1. The Morgan fingerprint density at radius 3 is 1.94 bits per heavy atom. The average Bonchev–Trinajstić information content (AvgIpc) is 2.81. The van der Waals surface area contributed by atoms with Crippen LogP contribution in [0.1, 0.15) is 17.0 Å². The normalized spacial score (nSPS) is 13.1. The molecule has 5 rings (SSSR count). The number of fused-ring (bicyclic) bond motifs is 4. The number of hydrogen-bond acceptors (Lipinski definition) is 2. The van der Waals surface area contributed by atoms with Crippen molar-refractivity contribution in [3.8, 4) is 6.07 Å². The van der Waals surface area contributed by atoms with Crippen LogP contribution < -0.4 is 0 Å². The largest absolute Gasteiger partial charge is 0.480 e. The van der Waals surface area contributed by atoms with Crippen LogP contribution in [0.25, 0.3) is 32.3 Å². The molecule has 5 aromatic rings. The maximum atomic E-state index is 12.2. The minimum atomic E-state index is -1.21. The summed E-state index contributed by atoms with van der Waals surface area (Å²) < 4.78 is 0. The molecule has 2 atom stereocenters. The van der Waals surface area contributed by atoms with E-state index in [1.54, 1.807) is 0 Å². The highest BCUT2D eigenvalue weighted by molar-refractivity contribution is 6.10. The van der Waals surface area contributed by atoms with Crippen molar-refractivity contribution in [2.45, 2.75) is 5.92 Å². The molecule has 0 aliphatic heterocycles. The summed E-state index contributed by atoms with van der Waals surface area (Å²) >= 11 is 0. The van der Waals surface area contributed by atoms with Gasteiger partial charge in [0.05, 0.1) is 6.07 Å². The van der Waals surface area contributed by atoms with Gasteiger partial charge in [-0.3, -0.25) is 4.79 Å². The number of carbonyl (C=O) groups is 1. The van der Waals surface area contributed by atoms with E-state index < -0.39 is 17.8 Å². The van der Waals surface area contributed by atoms with E-state index >= 15 is 0 Å². The van der Waals surface area contributed by atoms with Gasteiger partial charge in [-0.05, 0) is 43.4 Å². The highest BCUT2D eigenvalue weighted by Gasteiger charge is 2.33. The van der Waals surface area contributed by atoms with Crippen molar-refractivity contribution in [1.82, 2.24) is 0 Å². The number of benzene rings is 5. The lowest BCUT2D eigenvalue weighted by Gasteiger charge is -2.24. The fourth-order valence-electron chi connectivity index (χ4n) is 4.67. The predicted octanol–water partition coefficient (Wildman–Crippen LogP) is 6.50. The van der Waals surface area contributed by atoms with Crippen molar-refractivity contribution < 1.29 is 9.90 Å². The first-order valence-corrected chi connectivity index (χ1v) is 10.2. The number of carboxylic acid groups (broad SMARTS) is 1. The Balaban J connectivity index is 1.91. The van der Waals surface area contributed by atoms with E-state index in [0.717, 1.165) is 43.4 Å². The van der Waals surface area contributed by atoms with Crippen LogP contribution in [0.15, 0.2) is 97.1 Å². The molecular formula is C28H19NO2. The monoisotopic (exact) mass is 401 g/mol. The molecule has 0 spiro atoms. The van der Waals surface area contributed by atoms with Crippen LogP contribution >= 0.6 is 0 Å². The fourth-order valence-corrected chi connectivity index (χ4v) is 4.67. The number of rotatable bonds is 4. The Labute approximate surface area is 179 Å². The topological polar surface area (TPSA) is 61.1 Å². The lowest BCUT2D eigenvalue weighted by Crippen LogP contribution is -2.22. The van der Waals surface area contributed by atoms with Gasteiger partial charge in [-0.2, -0.15) is 5.26 Å². The van der Waals surface area contributed by atoms with Crippen molar-refractivity contribution in [1.29, 1.82) is 5.26 Å². The number of carboxylic acids is 1. The van der Waals surface area contributed by atoms with E-state index in [9.17, 15) is 15.2 Å². The second-order valence-electron chi connectivity index (χ2n) is 7.72. The van der Waals surface area contributed by atoms with Gasteiger partial charge in [-0.15, -0.1) is 0 Å². The molecule has 0 fully saturated rings. The van der Waals surface area contributed by atoms with Gasteiger partial charge in [-0.1, -0.05) is 97.1 Å². The van der Waals surface area contributed by atoms with Crippen molar-refractivity contribution >= 4 is 38.3 Å². The summed E-state index contributed by atoms with van der Waals surface area (Å²) in [6.07, 6.45) is 0. The van der Waals surface area contributed by atoms with E-state index in [1.807, 2.05) is 72.8 Å². The van der Waals surface area contributed by atoms with Crippen molar-refractivity contribution in [2.75, 3.05) is 0 Å². The molecule has 5 aromatic carbocycles. The second-order valence-corrected chi connectivity index (χ2v) is 7.72. The number of hydrogen-bond donors (Lipinski definition) is 1. The van der Waals surface area contributed by atoms with Crippen molar-refractivity contribution in [3.63, 3.8) is 0 Å². The minimum Gasteiger partial charge on any atom is -0.480 e. The Bertz CT molecular complexity index is 1490. The van der Waals surface area contributed by atoms with Gasteiger partial charge in [0.1, 0.15) is 0 Å². The van der Waals surface area contributed by atoms with Crippen LogP contribution in [0.3, 0.4) is 0 Å². The molecule has 0 amide bonds. The van der Waals surface area contributed by atoms with Crippen LogP contribution in [0.4, 0.5) is 0 Å². The SMILES string of the molecule is N#C[C@@H](C(=O)O)[C@H](c1cccc2ccccc12)c1cccc2ccc3ccccc3c12. The molecule has 0 heterocycles. The van der Waals surface area contributed by atoms with Gasteiger partial charge in [0.15, 0.2) is 5.92 Å². The zero-order valence-corrected chi connectivity index (χ0v) is 16.7. The molecule has 0 radical (unpaired) electrons. The summed E-state index contributed by atoms with van der Waals surface area (Å²) in [6, 6.07) is 34.1. The summed E-state index contributed by atoms with van der Waals surface area (Å²) in [4.78, 5) is 12.2. The fraction of sp³-hybridized carbons (Fsp3) is 0.0714. The van der Waals surface area contributed by atoms with E-state index in [0.29, 0.717) is 0 Å². The smallest absolute Gasteiger partial charge is 0.321 e. The maximum absolute atomic E-state index is 12.2. The molecule has 0 aliphatic rings. The molecule has 148 valence electrons. The standard InChI is InChI=1S/C28H19NO2/c29-17-25(28(30)31)27(23-13-5-9-18-7-1-3-11-21(18)23)24-14-6-10-20-16-15-19-8-2-4-12-22(19)26(20)24/h1-16,25,27H,(H,30,31)/t25-,27-/m1/s1. The first-order chi connectivity index (χ1) is 15.2. The lowest BCUT2D eigenvalue weighted by molar-refractivity contribution is -0.140. The van der Waals surface area contributed by atoms with E-state index in [-0.39, 0.29) is 0 Å². The Morgan fingerprint density at radius 1 is 0.677 bits per heavy atom. The number of aliphatic carboxylic acids is 1. The molecule has 0 aliphatic carbocycles. The van der Waals surface area contributed by atoms with Crippen LogP contribution in [0.2, 0.25) is 0 Å². The molecule has 0 aromatic heterocycles. The molecule has 3 nitrogen and oxygen atoms in total. The number of nitriles is 1. The maximum Gasteiger partial charge on any atom is 0.321 e. The van der Waals surface area contributed by atoms with Crippen LogP contribution in [-0.4, -0.2) is 11.1 Å². The zero-order chi connectivity index (χ0) is 21.4. The Morgan fingerprint density at radius 2 is 1.23 bits per heavy atom. The Hall–Kier alpha value is -4.16. The number of nitrogens with zero attached hydrogens (tertiary/aromatic N) is 1. The molecule has 0 bridgehead atoms. The first-order valence-electron chi connectivity index (χ1n) is 10.2. The quantitative estimate of drug-likeness (QED) is 0.350. The summed E-state index contributed by atoms with van der Waals surface area (Å²) in [5.74, 6) is -2.93. The third-order valence-corrected chi connectivity index (χ3v) is 6.03. The molecule has 0 unspecified atom stereocenters. The zero-order valence-electron chi connectivity index (χ0n) is 16.7. The summed E-state index contributed by atoms with van der Waals surface area (Å²) in [7, 11) is 0. The minimum absolute atomic E-state index is 0.608. The molecular weight excluding hydrogens is 382 g/mol. The molecule has 3 heteroatoms. The van der Waals surface area contributed by atoms with Gasteiger partial charge >= 0.3 is 5.97 Å². The van der Waals surface area contributed by atoms with Crippen molar-refractivity contribution in [2.24, 2.45) is 5.92 Å². The van der Waals surface area contributed by atoms with Gasteiger partial charge in [0.2, 0.25) is 0 Å². The highest BCUT2D eigenvalue weighted by Crippen LogP contribution is 2.41. The van der Waals surface area contributed by atoms with E-state index in [2.05, 4.69) is 30.3 Å². The lowest BCUT2D eigenvalue weighted by atomic mass is 9.77. The van der Waals surface area contributed by atoms with Crippen LogP contribution in [0, 0.1) is 17.2 Å². The highest BCUT2D eigenvalue weighted by atomic mass is 16.4. The molecule has 0 saturated heterocycles. The average molecular weight is 401 g/mol. The summed E-state index contributed by atoms with van der Waals surface area (Å²) in [5.41, 5.74) is 1.71. The molecule has 0 saturated carbocycles. The molecule has 31 heavy (non-hydrogen) atoms. The predicted molar refractivity (Wildman–Crippen MR) is 124 cm³/mol. The van der Waals surface area contributed by atoms with Crippen LogP contribution in [0.5, 0.6) is 0 Å². The van der Waals surface area contributed by atoms with Crippen molar-refractivity contribution in [3.05, 3.63) is 108 Å². The van der Waals surface area contributed by atoms with Gasteiger partial charge in [-0.25, -0.2) is 0 Å². The first kappa shape index (κ1) is 18.8. The van der Waals surface area contributed by atoms with E-state index in [1.165, 1.54) is 0 Å². The van der Waals surface area contributed by atoms with Crippen LogP contribution in [-0.2, 0) is 4.79 Å². The second kappa shape index (κ2) is 7.59. The van der Waals surface area contributed by atoms with E-state index in [4.69, 9.17) is 0 Å².